The van der Waals surface area contributed by atoms with E-state index in [1.165, 1.54) is 0 Å². The molecule has 64 valence electrons. The van der Waals surface area contributed by atoms with E-state index in [1.807, 2.05) is 0 Å². The molecule has 0 saturated carbocycles. The van der Waals surface area contributed by atoms with E-state index in [4.69, 9.17) is 16.9 Å². The average Bonchev–Trinajstić information content (AvgIpc) is 2.47. The highest BCUT2D eigenvalue weighted by atomic mass is 35.5. The first kappa shape index (κ1) is 9.04. The van der Waals surface area contributed by atoms with Crippen molar-refractivity contribution in [1.29, 1.82) is 5.26 Å². The number of likely N-dealkylation sites (N-methyl/N-ethyl adjacent to an activating group) is 1. The van der Waals surface area contributed by atoms with Crippen LogP contribution in [0.3, 0.4) is 0 Å². The summed E-state index contributed by atoms with van der Waals surface area (Å²) in [5.74, 6) is 0. The van der Waals surface area contributed by atoms with Crippen molar-refractivity contribution in [3.63, 3.8) is 0 Å². The monoisotopic (exact) mass is 184 g/mol. The van der Waals surface area contributed by atoms with Crippen LogP contribution in [-0.2, 0) is 6.54 Å². The van der Waals surface area contributed by atoms with Gasteiger partial charge in [-0.1, -0.05) is 11.6 Å². The molecule has 4 nitrogen and oxygen atoms in total. The van der Waals surface area contributed by atoms with Crippen LogP contribution < -0.4 is 5.32 Å². The standard InChI is InChI=1S/C7H9ClN4/c1-10-7(2-9)5-12-4-6(8)3-11-12/h3-4,7,10H,5H2,1H3. The van der Waals surface area contributed by atoms with Crippen molar-refractivity contribution >= 4 is 11.6 Å². The summed E-state index contributed by atoms with van der Waals surface area (Å²) in [6, 6.07) is 1.87. The topological polar surface area (TPSA) is 53.6 Å². The summed E-state index contributed by atoms with van der Waals surface area (Å²) in [5, 5.41) is 16.0. The van der Waals surface area contributed by atoms with Crippen LogP contribution in [0.25, 0.3) is 0 Å². The molecule has 1 rings (SSSR count). The Bertz CT molecular complexity index is 288. The van der Waals surface area contributed by atoms with Crippen molar-refractivity contribution in [1.82, 2.24) is 15.1 Å². The largest absolute Gasteiger partial charge is 0.303 e. The minimum absolute atomic E-state index is 0.221. The first-order chi connectivity index (χ1) is 5.76. The van der Waals surface area contributed by atoms with E-state index >= 15 is 0 Å². The zero-order chi connectivity index (χ0) is 8.97. The van der Waals surface area contributed by atoms with Crippen molar-refractivity contribution in [3.05, 3.63) is 17.4 Å². The first-order valence-electron chi connectivity index (χ1n) is 3.51. The van der Waals surface area contributed by atoms with Crippen molar-refractivity contribution in [2.45, 2.75) is 12.6 Å². The third-order valence-electron chi connectivity index (χ3n) is 1.48. The van der Waals surface area contributed by atoms with Gasteiger partial charge in [-0.3, -0.25) is 4.68 Å². The number of nitrogens with zero attached hydrogens (tertiary/aromatic N) is 3. The lowest BCUT2D eigenvalue weighted by atomic mass is 10.3. The van der Waals surface area contributed by atoms with Gasteiger partial charge in [-0.15, -0.1) is 0 Å². The first-order valence-corrected chi connectivity index (χ1v) is 3.89. The summed E-state index contributed by atoms with van der Waals surface area (Å²) in [6.07, 6.45) is 3.23. The number of nitrogens with one attached hydrogen (secondary N) is 1. The Balaban J connectivity index is 2.58. The second-order valence-corrected chi connectivity index (χ2v) is 2.79. The molecule has 0 fully saturated rings. The lowest BCUT2D eigenvalue weighted by Gasteiger charge is -2.06. The molecule has 0 saturated heterocycles. The normalized spacial score (nSPS) is 12.4. The SMILES string of the molecule is CNC(C#N)Cn1cc(Cl)cn1. The van der Waals surface area contributed by atoms with Gasteiger partial charge in [0, 0.05) is 6.20 Å². The van der Waals surface area contributed by atoms with Gasteiger partial charge in [0.1, 0.15) is 6.04 Å². The van der Waals surface area contributed by atoms with Gasteiger partial charge in [0.15, 0.2) is 0 Å². The molecule has 0 aromatic carbocycles. The Kier molecular flexibility index (Phi) is 3.09. The fraction of sp³-hybridized carbons (Fsp3) is 0.429. The van der Waals surface area contributed by atoms with Gasteiger partial charge in [0.2, 0.25) is 0 Å². The Morgan fingerprint density at radius 3 is 3.08 bits per heavy atom. The van der Waals surface area contributed by atoms with Crippen LogP contribution in [0, 0.1) is 11.3 Å². The molecule has 1 unspecified atom stereocenters. The lowest BCUT2D eigenvalue weighted by molar-refractivity contribution is 0.522. The van der Waals surface area contributed by atoms with E-state index in [2.05, 4.69) is 16.5 Å². The van der Waals surface area contributed by atoms with Gasteiger partial charge in [-0.25, -0.2) is 0 Å². The summed E-state index contributed by atoms with van der Waals surface area (Å²) >= 11 is 5.64. The number of halogens is 1. The molecule has 0 aliphatic rings. The maximum atomic E-state index is 8.61. The zero-order valence-corrected chi connectivity index (χ0v) is 7.41. The molecule has 1 aromatic heterocycles. The molecule has 1 heterocycles. The highest BCUT2D eigenvalue weighted by Crippen LogP contribution is 2.04. The van der Waals surface area contributed by atoms with Crippen LogP contribution in [0.15, 0.2) is 12.4 Å². The zero-order valence-electron chi connectivity index (χ0n) is 6.66. The second-order valence-electron chi connectivity index (χ2n) is 2.35. The van der Waals surface area contributed by atoms with Gasteiger partial charge in [-0.05, 0) is 7.05 Å². The smallest absolute Gasteiger partial charge is 0.115 e. The molecule has 1 atom stereocenters. The highest BCUT2D eigenvalue weighted by molar-refractivity contribution is 6.30. The molecule has 0 spiro atoms. The maximum Gasteiger partial charge on any atom is 0.115 e. The van der Waals surface area contributed by atoms with Gasteiger partial charge < -0.3 is 5.32 Å². The molecule has 0 aliphatic heterocycles. The molecule has 1 aromatic rings. The van der Waals surface area contributed by atoms with E-state index in [9.17, 15) is 0 Å². The van der Waals surface area contributed by atoms with Crippen LogP contribution >= 0.6 is 11.6 Å². The van der Waals surface area contributed by atoms with Gasteiger partial charge >= 0.3 is 0 Å². The third-order valence-corrected chi connectivity index (χ3v) is 1.67. The van der Waals surface area contributed by atoms with E-state index in [-0.39, 0.29) is 6.04 Å². The molecule has 0 radical (unpaired) electrons. The summed E-state index contributed by atoms with van der Waals surface area (Å²) in [4.78, 5) is 0. The summed E-state index contributed by atoms with van der Waals surface area (Å²) in [5.41, 5.74) is 0. The van der Waals surface area contributed by atoms with Crippen LogP contribution in [0.1, 0.15) is 0 Å². The number of hydrogen-bond donors (Lipinski definition) is 1. The second kappa shape index (κ2) is 4.10. The quantitative estimate of drug-likeness (QED) is 0.751. The fourth-order valence-corrected chi connectivity index (χ4v) is 0.978. The van der Waals surface area contributed by atoms with E-state index in [0.717, 1.165) is 0 Å². The van der Waals surface area contributed by atoms with Gasteiger partial charge in [0.25, 0.3) is 0 Å². The van der Waals surface area contributed by atoms with Crippen LogP contribution in [0.5, 0.6) is 0 Å². The molecule has 1 N–H and O–H groups in total. The maximum absolute atomic E-state index is 8.61. The van der Waals surface area contributed by atoms with Crippen LogP contribution in [0.4, 0.5) is 0 Å². The Hall–Kier alpha value is -1.05. The Morgan fingerprint density at radius 1 is 1.92 bits per heavy atom. The predicted molar refractivity (Wildman–Crippen MR) is 45.7 cm³/mol. The molecule has 0 bridgehead atoms. The molecule has 5 heteroatoms. The Labute approximate surface area is 75.7 Å². The summed E-state index contributed by atoms with van der Waals surface area (Å²) in [7, 11) is 1.74. The van der Waals surface area contributed by atoms with Gasteiger partial charge in [-0.2, -0.15) is 10.4 Å². The molecule has 0 amide bonds. The Morgan fingerprint density at radius 2 is 2.67 bits per heavy atom. The minimum atomic E-state index is -0.221. The lowest BCUT2D eigenvalue weighted by Crippen LogP contribution is -2.28. The molecular formula is C7H9ClN4. The van der Waals surface area contributed by atoms with Crippen LogP contribution in [-0.4, -0.2) is 22.9 Å². The average molecular weight is 185 g/mol. The fourth-order valence-electron chi connectivity index (χ4n) is 0.822. The molecular weight excluding hydrogens is 176 g/mol. The molecule has 12 heavy (non-hydrogen) atoms. The van der Waals surface area contributed by atoms with E-state index in [1.54, 1.807) is 24.1 Å². The summed E-state index contributed by atoms with van der Waals surface area (Å²) < 4.78 is 1.63. The predicted octanol–water partition coefficient (Wildman–Crippen LogP) is 0.648. The van der Waals surface area contributed by atoms with Crippen molar-refractivity contribution in [2.24, 2.45) is 0 Å². The molecule has 0 aliphatic carbocycles. The minimum Gasteiger partial charge on any atom is -0.303 e. The van der Waals surface area contributed by atoms with Crippen molar-refractivity contribution in [3.8, 4) is 6.07 Å². The summed E-state index contributed by atoms with van der Waals surface area (Å²) in [6.45, 7) is 0.514. The van der Waals surface area contributed by atoms with E-state index < -0.39 is 0 Å². The van der Waals surface area contributed by atoms with Crippen molar-refractivity contribution in [2.75, 3.05) is 7.05 Å². The number of rotatable bonds is 3. The van der Waals surface area contributed by atoms with Gasteiger partial charge in [0.05, 0.1) is 23.8 Å². The number of nitriles is 1. The number of hydrogen-bond acceptors (Lipinski definition) is 3. The van der Waals surface area contributed by atoms with Crippen LogP contribution in [0.2, 0.25) is 5.02 Å². The number of aromatic nitrogens is 2. The van der Waals surface area contributed by atoms with E-state index in [0.29, 0.717) is 11.6 Å². The highest BCUT2D eigenvalue weighted by Gasteiger charge is 2.04. The third kappa shape index (κ3) is 2.22. The van der Waals surface area contributed by atoms with Crippen molar-refractivity contribution < 1.29 is 0 Å².